The Balaban J connectivity index is 2.48. The van der Waals surface area contributed by atoms with E-state index in [9.17, 15) is 14.4 Å². The van der Waals surface area contributed by atoms with Crippen LogP contribution in [-0.2, 0) is 14.4 Å². The summed E-state index contributed by atoms with van der Waals surface area (Å²) in [6.07, 6.45) is 2.13. The smallest absolute Gasteiger partial charge is 0.319 e. The predicted molar refractivity (Wildman–Crippen MR) is 36.6 cm³/mol. The zero-order chi connectivity index (χ0) is 9.14. The van der Waals surface area contributed by atoms with Gasteiger partial charge in [-0.15, -0.1) is 0 Å². The van der Waals surface area contributed by atoms with Crippen LogP contribution in [0.15, 0.2) is 12.2 Å². The number of nitrogens with one attached hydrogen (secondary N) is 1. The summed E-state index contributed by atoms with van der Waals surface area (Å²) in [5, 5.41) is 8.86. The number of hydrogen-bond donors (Lipinski definition) is 2. The molecule has 0 aromatic carbocycles. The first-order chi connectivity index (χ1) is 5.61. The van der Waals surface area contributed by atoms with Crippen LogP contribution in [0.2, 0.25) is 0 Å². The van der Waals surface area contributed by atoms with Crippen molar-refractivity contribution in [2.24, 2.45) is 0 Å². The SMILES string of the molecule is O=C(O)CNN1C(=O)C=CC1=O. The normalized spacial score (nSPS) is 15.8. The molecule has 64 valence electrons. The van der Waals surface area contributed by atoms with Gasteiger partial charge in [0.15, 0.2) is 0 Å². The van der Waals surface area contributed by atoms with E-state index in [2.05, 4.69) is 5.43 Å². The monoisotopic (exact) mass is 170 g/mol. The number of hydrazine groups is 1. The van der Waals surface area contributed by atoms with Gasteiger partial charge in [-0.3, -0.25) is 14.4 Å². The van der Waals surface area contributed by atoms with Crippen molar-refractivity contribution in [1.29, 1.82) is 0 Å². The molecule has 1 aliphatic heterocycles. The van der Waals surface area contributed by atoms with E-state index in [1.54, 1.807) is 0 Å². The van der Waals surface area contributed by atoms with Gasteiger partial charge < -0.3 is 5.11 Å². The van der Waals surface area contributed by atoms with Gasteiger partial charge in [-0.1, -0.05) is 0 Å². The summed E-state index contributed by atoms with van der Waals surface area (Å²) in [5.74, 6) is -2.25. The van der Waals surface area contributed by atoms with E-state index >= 15 is 0 Å². The zero-order valence-corrected chi connectivity index (χ0v) is 5.98. The van der Waals surface area contributed by atoms with Crippen molar-refractivity contribution in [1.82, 2.24) is 10.4 Å². The Morgan fingerprint density at radius 3 is 2.33 bits per heavy atom. The van der Waals surface area contributed by atoms with Crippen molar-refractivity contribution in [3.63, 3.8) is 0 Å². The quantitative estimate of drug-likeness (QED) is 0.503. The van der Waals surface area contributed by atoms with Gasteiger partial charge in [0.1, 0.15) is 6.54 Å². The second-order valence-corrected chi connectivity index (χ2v) is 2.07. The molecule has 2 N–H and O–H groups in total. The van der Waals surface area contributed by atoms with Crippen molar-refractivity contribution in [3.05, 3.63) is 12.2 Å². The number of hydrogen-bond acceptors (Lipinski definition) is 4. The van der Waals surface area contributed by atoms with E-state index in [0.717, 1.165) is 12.2 Å². The number of aliphatic carboxylic acids is 1. The minimum Gasteiger partial charge on any atom is -0.480 e. The first-order valence-corrected chi connectivity index (χ1v) is 3.12. The Kier molecular flexibility index (Phi) is 2.20. The summed E-state index contributed by atoms with van der Waals surface area (Å²) in [4.78, 5) is 31.6. The molecular weight excluding hydrogens is 164 g/mol. The van der Waals surface area contributed by atoms with Crippen LogP contribution in [-0.4, -0.2) is 34.4 Å². The lowest BCUT2D eigenvalue weighted by Crippen LogP contribution is -2.44. The highest BCUT2D eigenvalue weighted by Crippen LogP contribution is 1.98. The number of amides is 2. The number of carbonyl (C=O) groups excluding carboxylic acids is 2. The van der Waals surface area contributed by atoms with Crippen molar-refractivity contribution in [3.8, 4) is 0 Å². The lowest BCUT2D eigenvalue weighted by Gasteiger charge is -2.12. The molecule has 0 unspecified atom stereocenters. The third-order valence-corrected chi connectivity index (χ3v) is 1.20. The summed E-state index contributed by atoms with van der Waals surface area (Å²) >= 11 is 0. The molecule has 0 aliphatic carbocycles. The summed E-state index contributed by atoms with van der Waals surface area (Å²) in [5.41, 5.74) is 2.15. The standard InChI is InChI=1S/C6H6N2O4/c9-4-1-2-5(10)8(4)7-3-6(11)12/h1-2,7H,3H2,(H,11,12). The highest BCUT2D eigenvalue weighted by molar-refractivity contribution is 6.12. The molecule has 0 radical (unpaired) electrons. The Bertz CT molecular complexity index is 253. The Morgan fingerprint density at radius 2 is 1.92 bits per heavy atom. The van der Waals surface area contributed by atoms with Gasteiger partial charge in [-0.05, 0) is 0 Å². The average Bonchev–Trinajstić information content (AvgIpc) is 2.28. The molecule has 6 nitrogen and oxygen atoms in total. The summed E-state index contributed by atoms with van der Waals surface area (Å²) in [6, 6.07) is 0. The number of nitrogens with zero attached hydrogens (tertiary/aromatic N) is 1. The van der Waals surface area contributed by atoms with Gasteiger partial charge in [0.2, 0.25) is 0 Å². The van der Waals surface area contributed by atoms with Crippen LogP contribution in [0.5, 0.6) is 0 Å². The van der Waals surface area contributed by atoms with Gasteiger partial charge in [0.05, 0.1) is 0 Å². The lowest BCUT2D eigenvalue weighted by atomic mass is 10.6. The maximum absolute atomic E-state index is 10.8. The summed E-state index contributed by atoms with van der Waals surface area (Å²) < 4.78 is 0. The van der Waals surface area contributed by atoms with Gasteiger partial charge in [0.25, 0.3) is 11.8 Å². The molecule has 0 aromatic rings. The van der Waals surface area contributed by atoms with Gasteiger partial charge in [0, 0.05) is 12.2 Å². The fourth-order valence-corrected chi connectivity index (χ4v) is 0.703. The number of rotatable bonds is 3. The molecule has 0 aromatic heterocycles. The molecule has 0 fully saturated rings. The van der Waals surface area contributed by atoms with Crippen LogP contribution in [0.25, 0.3) is 0 Å². The third kappa shape index (κ3) is 1.67. The number of imide groups is 1. The van der Waals surface area contributed by atoms with Crippen molar-refractivity contribution in [2.45, 2.75) is 0 Å². The first kappa shape index (κ1) is 8.41. The Morgan fingerprint density at radius 1 is 1.42 bits per heavy atom. The van der Waals surface area contributed by atoms with Gasteiger partial charge in [-0.2, -0.15) is 0 Å². The largest absolute Gasteiger partial charge is 0.480 e. The molecule has 0 spiro atoms. The minimum absolute atomic E-state index is 0.459. The van der Waals surface area contributed by atoms with E-state index in [-0.39, 0.29) is 0 Å². The predicted octanol–water partition coefficient (Wildman–Crippen LogP) is -1.50. The number of carboxylic acid groups (broad SMARTS) is 1. The van der Waals surface area contributed by atoms with Crippen LogP contribution in [0.4, 0.5) is 0 Å². The highest BCUT2D eigenvalue weighted by Gasteiger charge is 2.23. The average molecular weight is 170 g/mol. The van der Waals surface area contributed by atoms with Crippen LogP contribution in [0.3, 0.4) is 0 Å². The van der Waals surface area contributed by atoms with Crippen LogP contribution < -0.4 is 5.43 Å². The highest BCUT2D eigenvalue weighted by atomic mass is 16.4. The molecule has 12 heavy (non-hydrogen) atoms. The van der Waals surface area contributed by atoms with Crippen molar-refractivity contribution >= 4 is 17.8 Å². The summed E-state index contributed by atoms with van der Waals surface area (Å²) in [7, 11) is 0. The molecule has 1 heterocycles. The van der Waals surface area contributed by atoms with E-state index in [1.165, 1.54) is 0 Å². The van der Waals surface area contributed by atoms with Crippen molar-refractivity contribution < 1.29 is 19.5 Å². The van der Waals surface area contributed by atoms with E-state index in [0.29, 0.717) is 5.01 Å². The fraction of sp³-hybridized carbons (Fsp3) is 0.167. The van der Waals surface area contributed by atoms with Crippen LogP contribution in [0, 0.1) is 0 Å². The van der Waals surface area contributed by atoms with Gasteiger partial charge >= 0.3 is 5.97 Å². The molecule has 0 saturated carbocycles. The number of carbonyl (C=O) groups is 3. The van der Waals surface area contributed by atoms with Gasteiger partial charge in [-0.25, -0.2) is 10.4 Å². The fourth-order valence-electron chi connectivity index (χ4n) is 0.703. The molecule has 1 aliphatic rings. The van der Waals surface area contributed by atoms with E-state index in [1.807, 2.05) is 0 Å². The minimum atomic E-state index is -1.14. The second kappa shape index (κ2) is 3.14. The van der Waals surface area contributed by atoms with E-state index < -0.39 is 24.3 Å². The zero-order valence-electron chi connectivity index (χ0n) is 5.98. The third-order valence-electron chi connectivity index (χ3n) is 1.20. The molecule has 0 atom stereocenters. The Labute approximate surface area is 67.4 Å². The molecular formula is C6H6N2O4. The maximum Gasteiger partial charge on any atom is 0.319 e. The number of carboxylic acids is 1. The molecule has 6 heteroatoms. The van der Waals surface area contributed by atoms with Crippen LogP contribution in [0.1, 0.15) is 0 Å². The van der Waals surface area contributed by atoms with Crippen LogP contribution >= 0.6 is 0 Å². The molecule has 0 bridgehead atoms. The lowest BCUT2D eigenvalue weighted by molar-refractivity contribution is -0.143. The molecule has 0 saturated heterocycles. The first-order valence-electron chi connectivity index (χ1n) is 3.12. The summed E-state index contributed by atoms with van der Waals surface area (Å²) in [6.45, 7) is -0.459. The molecule has 2 amide bonds. The Hall–Kier alpha value is -1.69. The van der Waals surface area contributed by atoms with E-state index in [4.69, 9.17) is 5.11 Å². The maximum atomic E-state index is 10.8. The second-order valence-electron chi connectivity index (χ2n) is 2.07. The van der Waals surface area contributed by atoms with Crippen molar-refractivity contribution in [2.75, 3.05) is 6.54 Å². The molecule has 1 rings (SSSR count). The topological polar surface area (TPSA) is 86.7 Å².